The maximum absolute atomic E-state index is 6.39. The molecule has 0 radical (unpaired) electrons. The van der Waals surface area contributed by atoms with E-state index in [0.717, 1.165) is 50.5 Å². The van der Waals surface area contributed by atoms with Crippen molar-refractivity contribution in [3.8, 4) is 16.9 Å². The van der Waals surface area contributed by atoms with Crippen molar-refractivity contribution in [3.05, 3.63) is 76.3 Å². The van der Waals surface area contributed by atoms with E-state index in [1.165, 1.54) is 0 Å². The minimum atomic E-state index is 0.513. The fourth-order valence-electron chi connectivity index (χ4n) is 4.40. The highest BCUT2D eigenvalue weighted by Gasteiger charge is 2.20. The topological polar surface area (TPSA) is 66.9 Å². The Labute approximate surface area is 200 Å². The second kappa shape index (κ2) is 7.90. The lowest BCUT2D eigenvalue weighted by Crippen LogP contribution is -2.26. The molecule has 0 saturated carbocycles. The van der Waals surface area contributed by atoms with E-state index in [4.69, 9.17) is 27.9 Å². The predicted molar refractivity (Wildman–Crippen MR) is 132 cm³/mol. The van der Waals surface area contributed by atoms with Crippen LogP contribution >= 0.6 is 23.2 Å². The maximum Gasteiger partial charge on any atom is 0.140 e. The summed E-state index contributed by atoms with van der Waals surface area (Å²) >= 11 is 12.7. The molecule has 1 aliphatic heterocycles. The molecule has 0 amide bonds. The van der Waals surface area contributed by atoms with Gasteiger partial charge in [0.05, 0.1) is 28.1 Å². The van der Waals surface area contributed by atoms with E-state index in [2.05, 4.69) is 49.1 Å². The number of aryl methyl sites for hydroxylation is 1. The summed E-state index contributed by atoms with van der Waals surface area (Å²) in [5.74, 6) is 2.58. The number of anilines is 1. The number of halogens is 2. The van der Waals surface area contributed by atoms with Crippen molar-refractivity contribution >= 4 is 51.0 Å². The van der Waals surface area contributed by atoms with Crippen molar-refractivity contribution in [2.24, 2.45) is 0 Å². The highest BCUT2D eigenvalue weighted by Crippen LogP contribution is 2.35. The van der Waals surface area contributed by atoms with E-state index in [1.807, 2.05) is 25.1 Å². The van der Waals surface area contributed by atoms with Gasteiger partial charge in [-0.2, -0.15) is 0 Å². The van der Waals surface area contributed by atoms with E-state index < -0.39 is 0 Å². The number of hydrogen-bond donors (Lipinski definition) is 1. The summed E-state index contributed by atoms with van der Waals surface area (Å²) in [5.41, 5.74) is 6.01. The number of ether oxygens (including phenoxy) is 1. The smallest absolute Gasteiger partial charge is 0.140 e. The monoisotopic (exact) mass is 475 g/mol. The number of imidazole rings is 1. The molecular formula is C25H19Cl2N5O. The van der Waals surface area contributed by atoms with Gasteiger partial charge in [-0.15, -0.1) is 0 Å². The SMILES string of the molecule is Cc1nc2ccc(-c3ccc4c(c3)CN(c3ncnc5c(Cl)cc(Cl)cc35)CCO4)cc2[nH]1. The van der Waals surface area contributed by atoms with E-state index in [9.17, 15) is 0 Å². The van der Waals surface area contributed by atoms with Gasteiger partial charge in [-0.25, -0.2) is 15.0 Å². The third-order valence-electron chi connectivity index (χ3n) is 5.91. The Morgan fingerprint density at radius 3 is 2.76 bits per heavy atom. The summed E-state index contributed by atoms with van der Waals surface area (Å²) in [4.78, 5) is 18.9. The number of nitrogens with zero attached hydrogens (tertiary/aromatic N) is 4. The molecule has 1 N–H and O–H groups in total. The van der Waals surface area contributed by atoms with Crippen LogP contribution in [0.25, 0.3) is 33.1 Å². The van der Waals surface area contributed by atoms with Crippen LogP contribution in [-0.2, 0) is 6.54 Å². The third kappa shape index (κ3) is 3.65. The predicted octanol–water partition coefficient (Wildman–Crippen LogP) is 6.19. The Morgan fingerprint density at radius 2 is 1.85 bits per heavy atom. The van der Waals surface area contributed by atoms with Gasteiger partial charge in [-0.1, -0.05) is 35.3 Å². The molecule has 3 heterocycles. The van der Waals surface area contributed by atoms with Crippen LogP contribution in [0.5, 0.6) is 5.75 Å². The summed E-state index contributed by atoms with van der Waals surface area (Å²) in [6.45, 7) is 3.83. The van der Waals surface area contributed by atoms with Crippen LogP contribution in [0.15, 0.2) is 54.9 Å². The number of H-pyrrole nitrogens is 1. The van der Waals surface area contributed by atoms with E-state index in [1.54, 1.807) is 12.4 Å². The first-order valence-electron chi connectivity index (χ1n) is 10.6. The molecule has 0 bridgehead atoms. The van der Waals surface area contributed by atoms with Crippen molar-refractivity contribution < 1.29 is 4.74 Å². The molecule has 0 atom stereocenters. The number of rotatable bonds is 2. The maximum atomic E-state index is 6.39. The van der Waals surface area contributed by atoms with Crippen LogP contribution in [0.4, 0.5) is 5.82 Å². The first-order chi connectivity index (χ1) is 16.0. The third-order valence-corrected chi connectivity index (χ3v) is 6.42. The average molecular weight is 476 g/mol. The Hall–Kier alpha value is -3.35. The molecular weight excluding hydrogens is 457 g/mol. The Morgan fingerprint density at radius 1 is 1.00 bits per heavy atom. The van der Waals surface area contributed by atoms with Crippen LogP contribution in [0.2, 0.25) is 10.0 Å². The second-order valence-electron chi connectivity index (χ2n) is 8.13. The normalized spacial score (nSPS) is 13.7. The van der Waals surface area contributed by atoms with Gasteiger partial charge in [0.1, 0.15) is 30.3 Å². The summed E-state index contributed by atoms with van der Waals surface area (Å²) in [6, 6.07) is 16.2. The molecule has 0 unspecified atom stereocenters. The number of benzene rings is 3. The fourth-order valence-corrected chi connectivity index (χ4v) is 4.94. The average Bonchev–Trinajstić information content (AvgIpc) is 3.04. The summed E-state index contributed by atoms with van der Waals surface area (Å²) in [7, 11) is 0. The van der Waals surface area contributed by atoms with Crippen molar-refractivity contribution in [2.75, 3.05) is 18.1 Å². The molecule has 6 rings (SSSR count). The Balaban J connectivity index is 1.41. The Kier molecular flexibility index (Phi) is 4.85. The van der Waals surface area contributed by atoms with Crippen LogP contribution in [0.3, 0.4) is 0 Å². The number of aromatic nitrogens is 4. The number of aromatic amines is 1. The van der Waals surface area contributed by atoms with Gasteiger partial charge in [0, 0.05) is 22.5 Å². The molecule has 6 nitrogen and oxygen atoms in total. The molecule has 164 valence electrons. The lowest BCUT2D eigenvalue weighted by atomic mass is 10.0. The minimum absolute atomic E-state index is 0.513. The van der Waals surface area contributed by atoms with Gasteiger partial charge in [0.2, 0.25) is 0 Å². The standard InChI is InChI=1S/C25H19Cl2N5O/c1-14-30-21-4-2-16(9-22(21)31-14)15-3-5-23-17(8-15)12-32(6-7-33-23)25-19-10-18(26)11-20(27)24(19)28-13-29-25/h2-5,8-11,13H,6-7,12H2,1H3,(H,30,31). The molecule has 3 aromatic carbocycles. The fraction of sp³-hybridized carbons (Fsp3) is 0.160. The molecule has 0 spiro atoms. The van der Waals surface area contributed by atoms with E-state index in [-0.39, 0.29) is 0 Å². The van der Waals surface area contributed by atoms with Gasteiger partial charge >= 0.3 is 0 Å². The van der Waals surface area contributed by atoms with Crippen LogP contribution in [0.1, 0.15) is 11.4 Å². The first-order valence-corrected chi connectivity index (χ1v) is 11.4. The number of hydrogen-bond acceptors (Lipinski definition) is 5. The molecule has 0 fully saturated rings. The van der Waals surface area contributed by atoms with Crippen molar-refractivity contribution in [1.29, 1.82) is 0 Å². The highest BCUT2D eigenvalue weighted by atomic mass is 35.5. The van der Waals surface area contributed by atoms with Gasteiger partial charge in [-0.05, 0) is 54.4 Å². The summed E-state index contributed by atoms with van der Waals surface area (Å²) < 4.78 is 6.07. The van der Waals surface area contributed by atoms with Crippen molar-refractivity contribution in [1.82, 2.24) is 19.9 Å². The highest BCUT2D eigenvalue weighted by molar-refractivity contribution is 6.38. The Bertz CT molecular complexity index is 1530. The summed E-state index contributed by atoms with van der Waals surface area (Å²) in [5, 5.41) is 1.90. The van der Waals surface area contributed by atoms with Crippen LogP contribution in [-0.4, -0.2) is 33.1 Å². The first kappa shape index (κ1) is 20.3. The molecule has 8 heteroatoms. The minimum Gasteiger partial charge on any atom is -0.491 e. The van der Waals surface area contributed by atoms with Crippen molar-refractivity contribution in [2.45, 2.75) is 13.5 Å². The largest absolute Gasteiger partial charge is 0.491 e. The van der Waals surface area contributed by atoms with Gasteiger partial charge in [0.15, 0.2) is 0 Å². The van der Waals surface area contributed by atoms with Gasteiger partial charge in [-0.3, -0.25) is 0 Å². The lowest BCUT2D eigenvalue weighted by Gasteiger charge is -2.22. The zero-order valence-corrected chi connectivity index (χ0v) is 19.3. The van der Waals surface area contributed by atoms with Crippen LogP contribution < -0.4 is 9.64 Å². The number of fused-ring (bicyclic) bond motifs is 3. The van der Waals surface area contributed by atoms with Gasteiger partial charge in [0.25, 0.3) is 0 Å². The lowest BCUT2D eigenvalue weighted by molar-refractivity contribution is 0.331. The summed E-state index contributed by atoms with van der Waals surface area (Å²) in [6.07, 6.45) is 1.54. The van der Waals surface area contributed by atoms with E-state index >= 15 is 0 Å². The molecule has 1 aliphatic rings. The number of nitrogens with one attached hydrogen (secondary N) is 1. The molecule has 5 aromatic rings. The van der Waals surface area contributed by atoms with E-state index in [0.29, 0.717) is 35.3 Å². The molecule has 33 heavy (non-hydrogen) atoms. The quantitative estimate of drug-likeness (QED) is 0.329. The molecule has 2 aromatic heterocycles. The van der Waals surface area contributed by atoms with Crippen LogP contribution in [0, 0.1) is 6.92 Å². The van der Waals surface area contributed by atoms with Crippen molar-refractivity contribution in [3.63, 3.8) is 0 Å². The zero-order chi connectivity index (χ0) is 22.5. The molecule has 0 aliphatic carbocycles. The molecule has 0 saturated heterocycles. The second-order valence-corrected chi connectivity index (χ2v) is 8.97. The zero-order valence-electron chi connectivity index (χ0n) is 17.8. The van der Waals surface area contributed by atoms with Gasteiger partial charge < -0.3 is 14.6 Å².